The molecule has 76 valence electrons. The minimum absolute atomic E-state index is 0.724. The summed E-state index contributed by atoms with van der Waals surface area (Å²) in [7, 11) is 0. The van der Waals surface area contributed by atoms with Crippen LogP contribution in [0, 0.1) is 0 Å². The number of hydrogen-bond acceptors (Lipinski definition) is 1. The largest absolute Gasteiger partial charge is 0.317 e. The Morgan fingerprint density at radius 3 is 2.64 bits per heavy atom. The molecule has 1 atom stereocenters. The fourth-order valence-electron chi connectivity index (χ4n) is 2.09. The first-order valence-electron chi connectivity index (χ1n) is 5.32. The van der Waals surface area contributed by atoms with Gasteiger partial charge in [0.15, 0.2) is 0 Å². The predicted octanol–water partition coefficient (Wildman–Crippen LogP) is 3.20. The van der Waals surface area contributed by atoms with Crippen LogP contribution in [0.5, 0.6) is 0 Å². The van der Waals surface area contributed by atoms with Gasteiger partial charge in [0.1, 0.15) is 0 Å². The van der Waals surface area contributed by atoms with E-state index in [1.54, 1.807) is 0 Å². The summed E-state index contributed by atoms with van der Waals surface area (Å²) in [6, 6.07) is 8.32. The molecule has 1 saturated heterocycles. The Balaban J connectivity index is 2.08. The second-order valence-electron chi connectivity index (χ2n) is 3.93. The molecule has 2 heteroatoms. The Morgan fingerprint density at radius 2 is 1.86 bits per heavy atom. The molecule has 0 amide bonds. The minimum atomic E-state index is 0.724. The van der Waals surface area contributed by atoms with Gasteiger partial charge in [-0.3, -0.25) is 0 Å². The highest BCUT2D eigenvalue weighted by Gasteiger charge is 2.13. The van der Waals surface area contributed by atoms with Crippen LogP contribution in [0.3, 0.4) is 0 Å². The van der Waals surface area contributed by atoms with Gasteiger partial charge in [0.25, 0.3) is 0 Å². The molecule has 1 aromatic carbocycles. The fraction of sp³-hybridized carbons (Fsp3) is 0.500. The Labute approximate surface area is 90.5 Å². The fourth-order valence-corrected chi connectivity index (χ4v) is 2.21. The zero-order chi connectivity index (χ0) is 9.80. The first kappa shape index (κ1) is 10.0. The van der Waals surface area contributed by atoms with Crippen LogP contribution in [-0.2, 0) is 0 Å². The molecule has 0 unspecified atom stereocenters. The lowest BCUT2D eigenvalue weighted by Gasteiger charge is -2.13. The lowest BCUT2D eigenvalue weighted by Crippen LogP contribution is -2.13. The van der Waals surface area contributed by atoms with Crippen LogP contribution in [0.25, 0.3) is 0 Å². The van der Waals surface area contributed by atoms with Crippen LogP contribution >= 0.6 is 11.6 Å². The molecule has 14 heavy (non-hydrogen) atoms. The molecule has 0 saturated carbocycles. The molecule has 1 aliphatic rings. The van der Waals surface area contributed by atoms with Crippen molar-refractivity contribution in [3.8, 4) is 0 Å². The summed E-state index contributed by atoms with van der Waals surface area (Å²) in [4.78, 5) is 0. The van der Waals surface area contributed by atoms with Gasteiger partial charge in [-0.25, -0.2) is 0 Å². The van der Waals surface area contributed by atoms with E-state index in [0.717, 1.165) is 17.5 Å². The highest BCUT2D eigenvalue weighted by atomic mass is 35.5. The van der Waals surface area contributed by atoms with E-state index in [2.05, 4.69) is 17.4 Å². The third-order valence-electron chi connectivity index (χ3n) is 2.92. The van der Waals surface area contributed by atoms with E-state index >= 15 is 0 Å². The van der Waals surface area contributed by atoms with Gasteiger partial charge in [0.2, 0.25) is 0 Å². The number of nitrogens with one attached hydrogen (secondary N) is 1. The molecule has 1 aliphatic heterocycles. The number of benzene rings is 1. The molecule has 0 radical (unpaired) electrons. The van der Waals surface area contributed by atoms with Crippen molar-refractivity contribution in [2.24, 2.45) is 0 Å². The van der Waals surface area contributed by atoms with Crippen molar-refractivity contribution in [3.63, 3.8) is 0 Å². The average molecular weight is 210 g/mol. The lowest BCUT2D eigenvalue weighted by molar-refractivity contribution is 0.609. The second-order valence-corrected chi connectivity index (χ2v) is 4.37. The van der Waals surface area contributed by atoms with Gasteiger partial charge < -0.3 is 5.32 Å². The summed E-state index contributed by atoms with van der Waals surface area (Å²) in [5, 5.41) is 4.27. The van der Waals surface area contributed by atoms with Crippen molar-refractivity contribution in [1.29, 1.82) is 0 Å². The van der Waals surface area contributed by atoms with Crippen LogP contribution in [0.2, 0.25) is 5.02 Å². The molecule has 1 N–H and O–H groups in total. The maximum Gasteiger partial charge on any atom is 0.0406 e. The van der Waals surface area contributed by atoms with E-state index in [-0.39, 0.29) is 0 Å². The minimum Gasteiger partial charge on any atom is -0.317 e. The molecular formula is C12H16ClN. The number of rotatable bonds is 1. The maximum atomic E-state index is 5.87. The van der Waals surface area contributed by atoms with Crippen LogP contribution in [0.1, 0.15) is 30.7 Å². The normalized spacial score (nSPS) is 23.1. The molecule has 0 aliphatic carbocycles. The highest BCUT2D eigenvalue weighted by Crippen LogP contribution is 2.26. The van der Waals surface area contributed by atoms with Gasteiger partial charge in [0.05, 0.1) is 0 Å². The summed E-state index contributed by atoms with van der Waals surface area (Å²) in [6.07, 6.45) is 3.84. The predicted molar refractivity (Wildman–Crippen MR) is 60.9 cm³/mol. The van der Waals surface area contributed by atoms with E-state index in [1.165, 1.54) is 31.4 Å². The Hall–Kier alpha value is -0.530. The topological polar surface area (TPSA) is 12.0 Å². The Kier molecular flexibility index (Phi) is 3.44. The maximum absolute atomic E-state index is 5.87. The third-order valence-corrected chi connectivity index (χ3v) is 3.17. The average Bonchev–Trinajstić information content (AvgIpc) is 2.47. The molecule has 0 spiro atoms. The summed E-state index contributed by atoms with van der Waals surface area (Å²) >= 11 is 5.87. The van der Waals surface area contributed by atoms with Crippen LogP contribution in [-0.4, -0.2) is 13.1 Å². The van der Waals surface area contributed by atoms with Gasteiger partial charge in [-0.05, 0) is 56.0 Å². The van der Waals surface area contributed by atoms with Crippen molar-refractivity contribution in [1.82, 2.24) is 5.32 Å². The summed E-state index contributed by atoms with van der Waals surface area (Å²) < 4.78 is 0. The van der Waals surface area contributed by atoms with Crippen molar-refractivity contribution in [2.45, 2.75) is 25.2 Å². The van der Waals surface area contributed by atoms with E-state index in [1.807, 2.05) is 12.1 Å². The van der Waals surface area contributed by atoms with Crippen LogP contribution < -0.4 is 5.32 Å². The summed E-state index contributed by atoms with van der Waals surface area (Å²) in [5.41, 5.74) is 1.44. The van der Waals surface area contributed by atoms with Crippen molar-refractivity contribution >= 4 is 11.6 Å². The Morgan fingerprint density at radius 1 is 1.07 bits per heavy atom. The molecule has 1 nitrogen and oxygen atoms in total. The molecule has 0 aromatic heterocycles. The summed E-state index contributed by atoms with van der Waals surface area (Å²) in [6.45, 7) is 2.32. The van der Waals surface area contributed by atoms with E-state index in [9.17, 15) is 0 Å². The van der Waals surface area contributed by atoms with Crippen molar-refractivity contribution < 1.29 is 0 Å². The lowest BCUT2D eigenvalue weighted by atomic mass is 9.92. The zero-order valence-electron chi connectivity index (χ0n) is 8.30. The van der Waals surface area contributed by atoms with Crippen LogP contribution in [0.4, 0.5) is 0 Å². The van der Waals surface area contributed by atoms with Gasteiger partial charge in [0, 0.05) is 5.02 Å². The second kappa shape index (κ2) is 4.81. The van der Waals surface area contributed by atoms with Gasteiger partial charge in [-0.1, -0.05) is 23.7 Å². The monoisotopic (exact) mass is 209 g/mol. The number of halogens is 1. The Bertz CT molecular complexity index is 273. The molecule has 0 bridgehead atoms. The first-order chi connectivity index (χ1) is 6.86. The SMILES string of the molecule is Clc1ccc([C@@H]2CCCNCC2)cc1. The third kappa shape index (κ3) is 2.49. The van der Waals surface area contributed by atoms with Crippen LogP contribution in [0.15, 0.2) is 24.3 Å². The smallest absolute Gasteiger partial charge is 0.0406 e. The van der Waals surface area contributed by atoms with E-state index in [4.69, 9.17) is 11.6 Å². The van der Waals surface area contributed by atoms with Gasteiger partial charge in [-0.15, -0.1) is 0 Å². The molecule has 1 fully saturated rings. The van der Waals surface area contributed by atoms with E-state index < -0.39 is 0 Å². The standard InChI is InChI=1S/C12H16ClN/c13-12-5-3-11(4-6-12)10-2-1-8-14-9-7-10/h3-6,10,14H,1-2,7-9H2/t10-/m1/s1. The first-order valence-corrected chi connectivity index (χ1v) is 5.70. The molecular weight excluding hydrogens is 194 g/mol. The molecule has 2 rings (SSSR count). The summed E-state index contributed by atoms with van der Waals surface area (Å²) in [5.74, 6) is 0.724. The van der Waals surface area contributed by atoms with Crippen molar-refractivity contribution in [3.05, 3.63) is 34.9 Å². The number of hydrogen-bond donors (Lipinski definition) is 1. The highest BCUT2D eigenvalue weighted by molar-refractivity contribution is 6.30. The quantitative estimate of drug-likeness (QED) is 0.749. The van der Waals surface area contributed by atoms with E-state index in [0.29, 0.717) is 0 Å². The van der Waals surface area contributed by atoms with Gasteiger partial charge in [-0.2, -0.15) is 0 Å². The molecule has 1 aromatic rings. The van der Waals surface area contributed by atoms with Crippen molar-refractivity contribution in [2.75, 3.05) is 13.1 Å². The molecule has 1 heterocycles. The van der Waals surface area contributed by atoms with Gasteiger partial charge >= 0.3 is 0 Å². The zero-order valence-corrected chi connectivity index (χ0v) is 9.06.